The van der Waals surface area contributed by atoms with E-state index in [2.05, 4.69) is 19.2 Å². The predicted octanol–water partition coefficient (Wildman–Crippen LogP) is 3.25. The van der Waals surface area contributed by atoms with Gasteiger partial charge in [0.25, 0.3) is 0 Å². The number of likely N-dealkylation sites (tertiary alicyclic amines) is 1. The Labute approximate surface area is 135 Å². The summed E-state index contributed by atoms with van der Waals surface area (Å²) in [4.78, 5) is 26.6. The van der Waals surface area contributed by atoms with E-state index >= 15 is 0 Å². The second kappa shape index (κ2) is 8.54. The molecule has 1 N–H and O–H groups in total. The molecule has 0 aromatic heterocycles. The molecule has 126 valence electrons. The lowest BCUT2D eigenvalue weighted by Crippen LogP contribution is -2.41. The first kappa shape index (κ1) is 17.3. The van der Waals surface area contributed by atoms with E-state index in [4.69, 9.17) is 0 Å². The number of carbonyl (C=O) groups excluding carboxylic acids is 2. The highest BCUT2D eigenvalue weighted by Gasteiger charge is 2.37. The second-order valence-corrected chi connectivity index (χ2v) is 6.97. The fraction of sp³-hybridized carbons (Fsp3) is 0.889. The van der Waals surface area contributed by atoms with Gasteiger partial charge in [0, 0.05) is 25.0 Å². The molecule has 22 heavy (non-hydrogen) atoms. The quantitative estimate of drug-likeness (QED) is 0.847. The van der Waals surface area contributed by atoms with E-state index in [0.717, 1.165) is 25.7 Å². The van der Waals surface area contributed by atoms with Gasteiger partial charge in [-0.05, 0) is 25.7 Å². The molecular formula is C18H32N2O2. The van der Waals surface area contributed by atoms with Crippen LogP contribution in [0.2, 0.25) is 0 Å². The molecule has 2 aliphatic rings. The van der Waals surface area contributed by atoms with Crippen molar-refractivity contribution in [2.24, 2.45) is 5.92 Å². The molecule has 4 heteroatoms. The van der Waals surface area contributed by atoms with Crippen LogP contribution in [0.4, 0.5) is 0 Å². The summed E-state index contributed by atoms with van der Waals surface area (Å²) in [6.07, 6.45) is 10.9. The fourth-order valence-electron chi connectivity index (χ4n) is 3.91. The number of nitrogens with one attached hydrogen (secondary N) is 1. The first-order valence-corrected chi connectivity index (χ1v) is 9.25. The van der Waals surface area contributed by atoms with E-state index in [-0.39, 0.29) is 17.7 Å². The highest BCUT2D eigenvalue weighted by atomic mass is 16.2. The van der Waals surface area contributed by atoms with Gasteiger partial charge in [0.15, 0.2) is 0 Å². The van der Waals surface area contributed by atoms with Crippen molar-refractivity contribution in [3.8, 4) is 0 Å². The SMILES string of the molecule is CCC(CC)N1CC(C(=O)NC2CCCCCCC2)CC1=O. The third kappa shape index (κ3) is 4.47. The normalized spacial score (nSPS) is 24.4. The first-order chi connectivity index (χ1) is 10.7. The average Bonchev–Trinajstić information content (AvgIpc) is 2.85. The fourth-order valence-corrected chi connectivity index (χ4v) is 3.91. The standard InChI is InChI=1S/C18H32N2O2/c1-3-16(4-2)20-13-14(12-17(20)21)18(22)19-15-10-8-6-5-7-9-11-15/h14-16H,3-13H2,1-2H3,(H,19,22). The van der Waals surface area contributed by atoms with Crippen molar-refractivity contribution >= 4 is 11.8 Å². The largest absolute Gasteiger partial charge is 0.353 e. The molecule has 0 spiro atoms. The monoisotopic (exact) mass is 308 g/mol. The molecule has 0 bridgehead atoms. The lowest BCUT2D eigenvalue weighted by Gasteiger charge is -2.26. The summed E-state index contributed by atoms with van der Waals surface area (Å²) in [6, 6.07) is 0.622. The van der Waals surface area contributed by atoms with E-state index in [1.165, 1.54) is 32.1 Å². The number of rotatable bonds is 5. The van der Waals surface area contributed by atoms with Gasteiger partial charge >= 0.3 is 0 Å². The van der Waals surface area contributed by atoms with Crippen LogP contribution in [-0.4, -0.2) is 35.3 Å². The summed E-state index contributed by atoms with van der Waals surface area (Å²) >= 11 is 0. The Morgan fingerprint density at radius 1 is 1.14 bits per heavy atom. The molecule has 2 rings (SSSR count). The van der Waals surface area contributed by atoms with Crippen LogP contribution in [-0.2, 0) is 9.59 Å². The Bertz CT molecular complexity index is 371. The summed E-state index contributed by atoms with van der Waals surface area (Å²) in [5.41, 5.74) is 0. The summed E-state index contributed by atoms with van der Waals surface area (Å²) in [5, 5.41) is 3.23. The molecule has 0 radical (unpaired) electrons. The maximum atomic E-state index is 12.5. The highest BCUT2D eigenvalue weighted by Crippen LogP contribution is 2.24. The summed E-state index contributed by atoms with van der Waals surface area (Å²) in [6.45, 7) is 4.84. The lowest BCUT2D eigenvalue weighted by atomic mass is 9.96. The number of amides is 2. The van der Waals surface area contributed by atoms with Crippen molar-refractivity contribution < 1.29 is 9.59 Å². The zero-order valence-electron chi connectivity index (χ0n) is 14.3. The molecule has 1 heterocycles. The van der Waals surface area contributed by atoms with Crippen molar-refractivity contribution in [3.63, 3.8) is 0 Å². The zero-order valence-corrected chi connectivity index (χ0v) is 14.3. The average molecular weight is 308 g/mol. The van der Waals surface area contributed by atoms with Crippen LogP contribution in [0.5, 0.6) is 0 Å². The molecule has 0 aromatic rings. The van der Waals surface area contributed by atoms with Crippen molar-refractivity contribution in [3.05, 3.63) is 0 Å². The minimum absolute atomic E-state index is 0.104. The van der Waals surface area contributed by atoms with Gasteiger partial charge in [-0.25, -0.2) is 0 Å². The maximum Gasteiger partial charge on any atom is 0.225 e. The highest BCUT2D eigenvalue weighted by molar-refractivity contribution is 5.89. The van der Waals surface area contributed by atoms with Gasteiger partial charge < -0.3 is 10.2 Å². The predicted molar refractivity (Wildman–Crippen MR) is 88.4 cm³/mol. The number of hydrogen-bond donors (Lipinski definition) is 1. The minimum atomic E-state index is -0.140. The molecule has 2 amide bonds. The molecule has 2 fully saturated rings. The van der Waals surface area contributed by atoms with Crippen LogP contribution in [0.3, 0.4) is 0 Å². The van der Waals surface area contributed by atoms with Crippen LogP contribution in [0.1, 0.15) is 78.1 Å². The van der Waals surface area contributed by atoms with Crippen LogP contribution < -0.4 is 5.32 Å². The van der Waals surface area contributed by atoms with Gasteiger partial charge in [-0.2, -0.15) is 0 Å². The van der Waals surface area contributed by atoms with Gasteiger partial charge in [-0.3, -0.25) is 9.59 Å². The van der Waals surface area contributed by atoms with Gasteiger partial charge in [-0.1, -0.05) is 46.0 Å². The van der Waals surface area contributed by atoms with Crippen molar-refractivity contribution in [1.29, 1.82) is 0 Å². The van der Waals surface area contributed by atoms with E-state index in [1.54, 1.807) is 0 Å². The molecule has 1 unspecified atom stereocenters. The van der Waals surface area contributed by atoms with Crippen molar-refractivity contribution in [1.82, 2.24) is 10.2 Å². The Hall–Kier alpha value is -1.06. The number of nitrogens with zero attached hydrogens (tertiary/aromatic N) is 1. The smallest absolute Gasteiger partial charge is 0.225 e. The van der Waals surface area contributed by atoms with Gasteiger partial charge in [-0.15, -0.1) is 0 Å². The molecule has 1 atom stereocenters. The molecular weight excluding hydrogens is 276 g/mol. The molecule has 1 aliphatic heterocycles. The first-order valence-electron chi connectivity index (χ1n) is 9.25. The summed E-state index contributed by atoms with van der Waals surface area (Å²) in [5.74, 6) is 0.123. The second-order valence-electron chi connectivity index (χ2n) is 6.97. The third-order valence-electron chi connectivity index (χ3n) is 5.36. The van der Waals surface area contributed by atoms with Gasteiger partial charge in [0.05, 0.1) is 5.92 Å². The molecule has 1 saturated heterocycles. The van der Waals surface area contributed by atoms with Crippen molar-refractivity contribution in [2.45, 2.75) is 90.1 Å². The van der Waals surface area contributed by atoms with E-state index < -0.39 is 0 Å². The lowest BCUT2D eigenvalue weighted by molar-refractivity contribution is -0.130. The van der Waals surface area contributed by atoms with Crippen molar-refractivity contribution in [2.75, 3.05) is 6.54 Å². The minimum Gasteiger partial charge on any atom is -0.353 e. The molecule has 1 aliphatic carbocycles. The van der Waals surface area contributed by atoms with Crippen LogP contribution in [0.25, 0.3) is 0 Å². The summed E-state index contributed by atoms with van der Waals surface area (Å²) < 4.78 is 0. The zero-order chi connectivity index (χ0) is 15.9. The topological polar surface area (TPSA) is 49.4 Å². The van der Waals surface area contributed by atoms with E-state index in [1.807, 2.05) is 4.90 Å². The summed E-state index contributed by atoms with van der Waals surface area (Å²) in [7, 11) is 0. The molecule has 0 aromatic carbocycles. The molecule has 4 nitrogen and oxygen atoms in total. The Morgan fingerprint density at radius 2 is 1.73 bits per heavy atom. The van der Waals surface area contributed by atoms with Crippen LogP contribution in [0.15, 0.2) is 0 Å². The van der Waals surface area contributed by atoms with Gasteiger partial charge in [0.1, 0.15) is 0 Å². The molecule has 1 saturated carbocycles. The van der Waals surface area contributed by atoms with E-state index in [9.17, 15) is 9.59 Å². The third-order valence-corrected chi connectivity index (χ3v) is 5.36. The van der Waals surface area contributed by atoms with Crippen LogP contribution >= 0.6 is 0 Å². The van der Waals surface area contributed by atoms with E-state index in [0.29, 0.717) is 25.0 Å². The Kier molecular flexibility index (Phi) is 6.71. The van der Waals surface area contributed by atoms with Gasteiger partial charge in [0.2, 0.25) is 11.8 Å². The maximum absolute atomic E-state index is 12.5. The Balaban J connectivity index is 1.86. The van der Waals surface area contributed by atoms with Crippen LogP contribution in [0, 0.1) is 5.92 Å². The number of carbonyl (C=O) groups is 2. The Morgan fingerprint density at radius 3 is 2.32 bits per heavy atom. The number of hydrogen-bond acceptors (Lipinski definition) is 2.